The van der Waals surface area contributed by atoms with Gasteiger partial charge >= 0.3 is 17.9 Å². The Bertz CT molecular complexity index is 772. The Labute approximate surface area is 142 Å². The van der Waals surface area contributed by atoms with Crippen molar-refractivity contribution in [2.45, 2.75) is 6.92 Å². The quantitative estimate of drug-likeness (QED) is 0.806. The Kier molecular flexibility index (Phi) is 5.38. The molecule has 1 aliphatic heterocycles. The molecule has 1 heterocycles. The summed E-state index contributed by atoms with van der Waals surface area (Å²) in [6.07, 6.45) is 0. The zero-order valence-corrected chi connectivity index (χ0v) is 13.8. The molecule has 0 unspecified atom stereocenters. The average molecular weight is 353 g/mol. The number of nitrogens with zero attached hydrogens (tertiary/aromatic N) is 1. The maximum atomic E-state index is 14.1. The van der Waals surface area contributed by atoms with Crippen LogP contribution in [-0.4, -0.2) is 50.6 Å². The second-order valence-electron chi connectivity index (χ2n) is 5.12. The van der Waals surface area contributed by atoms with Gasteiger partial charge in [-0.3, -0.25) is 0 Å². The molecule has 0 bridgehead atoms. The van der Waals surface area contributed by atoms with Crippen molar-refractivity contribution in [1.82, 2.24) is 0 Å². The molecule has 0 amide bonds. The SMILES string of the molecule is COC(=O)C1=C(C(=O)OC)N(c2cc(C(=O)O)cc(F)c2C)COC1. The summed E-state index contributed by atoms with van der Waals surface area (Å²) in [5.41, 5.74) is -0.459. The molecule has 0 aromatic heterocycles. The maximum Gasteiger partial charge on any atom is 0.355 e. The third-order valence-corrected chi connectivity index (χ3v) is 3.69. The third-order valence-electron chi connectivity index (χ3n) is 3.69. The first-order chi connectivity index (χ1) is 11.8. The molecule has 0 aliphatic carbocycles. The number of anilines is 1. The summed E-state index contributed by atoms with van der Waals surface area (Å²) in [5, 5.41) is 9.13. The number of ether oxygens (including phenoxy) is 3. The van der Waals surface area contributed by atoms with E-state index < -0.39 is 23.7 Å². The van der Waals surface area contributed by atoms with Crippen molar-refractivity contribution >= 4 is 23.6 Å². The van der Waals surface area contributed by atoms with Gasteiger partial charge in [0.2, 0.25) is 0 Å². The van der Waals surface area contributed by atoms with E-state index >= 15 is 0 Å². The van der Waals surface area contributed by atoms with E-state index in [2.05, 4.69) is 4.74 Å². The zero-order chi connectivity index (χ0) is 18.7. The van der Waals surface area contributed by atoms with Crippen molar-refractivity contribution < 1.29 is 38.1 Å². The van der Waals surface area contributed by atoms with Crippen LogP contribution in [0.3, 0.4) is 0 Å². The molecule has 8 nitrogen and oxygen atoms in total. The highest BCUT2D eigenvalue weighted by Gasteiger charge is 2.33. The second kappa shape index (κ2) is 7.31. The Balaban J connectivity index is 2.69. The molecule has 0 saturated carbocycles. The van der Waals surface area contributed by atoms with E-state index in [1.54, 1.807) is 0 Å². The van der Waals surface area contributed by atoms with Crippen LogP contribution in [-0.2, 0) is 23.8 Å². The number of carboxylic acid groups (broad SMARTS) is 1. The van der Waals surface area contributed by atoms with E-state index in [9.17, 15) is 18.8 Å². The molecular formula is C16H16FNO7. The lowest BCUT2D eigenvalue weighted by molar-refractivity contribution is -0.140. The fourth-order valence-corrected chi connectivity index (χ4v) is 2.40. The normalized spacial score (nSPS) is 14.3. The molecule has 1 aromatic rings. The fourth-order valence-electron chi connectivity index (χ4n) is 2.40. The van der Waals surface area contributed by atoms with Gasteiger partial charge in [0, 0.05) is 5.56 Å². The molecule has 0 atom stereocenters. The number of halogens is 1. The number of rotatable bonds is 4. The molecule has 25 heavy (non-hydrogen) atoms. The van der Waals surface area contributed by atoms with Crippen LogP contribution in [0.1, 0.15) is 15.9 Å². The van der Waals surface area contributed by atoms with Crippen molar-refractivity contribution in [2.24, 2.45) is 0 Å². The number of hydrogen-bond donors (Lipinski definition) is 1. The summed E-state index contributed by atoms with van der Waals surface area (Å²) in [6, 6.07) is 2.06. The van der Waals surface area contributed by atoms with Crippen LogP contribution >= 0.6 is 0 Å². The summed E-state index contributed by atoms with van der Waals surface area (Å²) in [7, 11) is 2.26. The molecule has 0 radical (unpaired) electrons. The summed E-state index contributed by atoms with van der Waals surface area (Å²) >= 11 is 0. The van der Waals surface area contributed by atoms with Crippen LogP contribution < -0.4 is 4.90 Å². The number of carbonyl (C=O) groups is 3. The minimum atomic E-state index is -1.34. The van der Waals surface area contributed by atoms with Crippen LogP contribution in [0.2, 0.25) is 0 Å². The van der Waals surface area contributed by atoms with E-state index in [-0.39, 0.29) is 41.4 Å². The Morgan fingerprint density at radius 1 is 1.20 bits per heavy atom. The van der Waals surface area contributed by atoms with Crippen LogP contribution in [0, 0.1) is 12.7 Å². The standard InChI is InChI=1S/C16H16FNO7/c1-8-11(17)4-9(14(19)20)5-12(8)18-7-25-6-10(15(21)23-2)13(18)16(22)24-3/h4-5H,6-7H2,1-3H3,(H,19,20). The van der Waals surface area contributed by atoms with E-state index in [4.69, 9.17) is 14.6 Å². The van der Waals surface area contributed by atoms with Gasteiger partial charge in [-0.1, -0.05) is 0 Å². The smallest absolute Gasteiger partial charge is 0.355 e. The first-order valence-electron chi connectivity index (χ1n) is 7.10. The van der Waals surface area contributed by atoms with E-state index in [0.29, 0.717) is 0 Å². The Morgan fingerprint density at radius 3 is 2.40 bits per heavy atom. The van der Waals surface area contributed by atoms with Gasteiger partial charge in [-0.25, -0.2) is 18.8 Å². The summed E-state index contributed by atoms with van der Waals surface area (Å²) in [5.74, 6) is -3.78. The lowest BCUT2D eigenvalue weighted by atomic mass is 10.1. The molecule has 0 spiro atoms. The highest BCUT2D eigenvalue weighted by Crippen LogP contribution is 2.31. The van der Waals surface area contributed by atoms with Crippen molar-refractivity contribution in [3.05, 3.63) is 40.3 Å². The van der Waals surface area contributed by atoms with E-state index in [1.807, 2.05) is 0 Å². The van der Waals surface area contributed by atoms with Crippen molar-refractivity contribution in [3.63, 3.8) is 0 Å². The zero-order valence-electron chi connectivity index (χ0n) is 13.8. The number of hydrogen-bond acceptors (Lipinski definition) is 7. The third kappa shape index (κ3) is 3.45. The minimum Gasteiger partial charge on any atom is -0.478 e. The molecule has 9 heteroatoms. The predicted octanol–water partition coefficient (Wildman–Crippen LogP) is 1.23. The lowest BCUT2D eigenvalue weighted by Gasteiger charge is -2.32. The largest absolute Gasteiger partial charge is 0.478 e. The lowest BCUT2D eigenvalue weighted by Crippen LogP contribution is -2.39. The fraction of sp³-hybridized carbons (Fsp3) is 0.312. The number of aromatic carboxylic acids is 1. The minimum absolute atomic E-state index is 0.0684. The molecule has 0 saturated heterocycles. The van der Waals surface area contributed by atoms with E-state index in [1.165, 1.54) is 17.9 Å². The van der Waals surface area contributed by atoms with Crippen LogP contribution in [0.4, 0.5) is 10.1 Å². The monoisotopic (exact) mass is 353 g/mol. The van der Waals surface area contributed by atoms with Gasteiger partial charge in [0.25, 0.3) is 0 Å². The summed E-state index contributed by atoms with van der Waals surface area (Å²) in [6.45, 7) is 1.01. The highest BCUT2D eigenvalue weighted by atomic mass is 19.1. The van der Waals surface area contributed by atoms with Crippen LogP contribution in [0.5, 0.6) is 0 Å². The maximum absolute atomic E-state index is 14.1. The molecule has 134 valence electrons. The average Bonchev–Trinajstić information content (AvgIpc) is 2.61. The topological polar surface area (TPSA) is 102 Å². The van der Waals surface area contributed by atoms with E-state index in [0.717, 1.165) is 20.3 Å². The molecule has 2 rings (SSSR count). The van der Waals surface area contributed by atoms with Gasteiger partial charge in [-0.2, -0.15) is 0 Å². The van der Waals surface area contributed by atoms with Crippen LogP contribution in [0.15, 0.2) is 23.4 Å². The summed E-state index contributed by atoms with van der Waals surface area (Å²) < 4.78 is 28.8. The second-order valence-corrected chi connectivity index (χ2v) is 5.12. The van der Waals surface area contributed by atoms with Crippen molar-refractivity contribution in [1.29, 1.82) is 0 Å². The van der Waals surface area contributed by atoms with Crippen LogP contribution in [0.25, 0.3) is 0 Å². The Morgan fingerprint density at radius 2 is 1.84 bits per heavy atom. The predicted molar refractivity (Wildman–Crippen MR) is 82.5 cm³/mol. The molecule has 1 aliphatic rings. The number of carbonyl (C=O) groups excluding carboxylic acids is 2. The first-order valence-corrected chi connectivity index (χ1v) is 7.10. The molecular weight excluding hydrogens is 337 g/mol. The van der Waals surface area contributed by atoms with Gasteiger partial charge in [0.05, 0.1) is 37.7 Å². The van der Waals surface area contributed by atoms with Gasteiger partial charge < -0.3 is 24.2 Å². The first kappa shape index (κ1) is 18.4. The van der Waals surface area contributed by atoms with Gasteiger partial charge in [-0.05, 0) is 19.1 Å². The molecule has 1 aromatic carbocycles. The van der Waals surface area contributed by atoms with Crippen molar-refractivity contribution in [3.8, 4) is 0 Å². The number of benzene rings is 1. The van der Waals surface area contributed by atoms with Gasteiger partial charge in [0.1, 0.15) is 18.2 Å². The molecule has 1 N–H and O–H groups in total. The molecule has 0 fully saturated rings. The Hall–Kier alpha value is -2.94. The number of methoxy groups -OCH3 is 2. The highest BCUT2D eigenvalue weighted by molar-refractivity contribution is 6.03. The van der Waals surface area contributed by atoms with Crippen molar-refractivity contribution in [2.75, 3.05) is 32.5 Å². The summed E-state index contributed by atoms with van der Waals surface area (Å²) in [4.78, 5) is 36.5. The van der Waals surface area contributed by atoms with Gasteiger partial charge in [0.15, 0.2) is 0 Å². The number of carboxylic acids is 1. The number of esters is 2. The van der Waals surface area contributed by atoms with Gasteiger partial charge in [-0.15, -0.1) is 0 Å².